The minimum atomic E-state index is -1.93. The molecule has 0 unspecified atom stereocenters. The van der Waals surface area contributed by atoms with Gasteiger partial charge in [0.25, 0.3) is 0 Å². The molecule has 0 rings (SSSR count). The second-order valence-electron chi connectivity index (χ2n) is 12.9. The zero-order valence-electron chi connectivity index (χ0n) is 27.0. The topological polar surface area (TPSA) is 44.8 Å². The summed E-state index contributed by atoms with van der Waals surface area (Å²) in [5, 5.41) is 0.322. The van der Waals surface area contributed by atoms with Crippen LogP contribution in [0.3, 0.4) is 0 Å². The molecule has 2 atom stereocenters. The second-order valence-corrected chi connectivity index (χ2v) is 22.5. The smallest absolute Gasteiger partial charge is 0.305 e. The van der Waals surface area contributed by atoms with Crippen molar-refractivity contribution in [1.82, 2.24) is 0 Å². The van der Waals surface area contributed by atoms with Crippen LogP contribution in [-0.2, 0) is 18.4 Å². The average Bonchev–Trinajstić information content (AvgIpc) is 2.81. The van der Waals surface area contributed by atoms with E-state index in [9.17, 15) is 4.79 Å². The first-order valence-corrected chi connectivity index (χ1v) is 20.2. The first kappa shape index (κ1) is 37.2. The van der Waals surface area contributed by atoms with Gasteiger partial charge in [0.15, 0.2) is 16.6 Å². The molecule has 0 aromatic carbocycles. The zero-order valence-corrected chi connectivity index (χ0v) is 29.0. The molecule has 0 heterocycles. The Balaban J connectivity index is 4.80. The third-order valence-corrected chi connectivity index (χ3v) is 16.6. The SMILES string of the molecule is CC[C@H](/C=C/C#CC/C=C\CC#C/C=C/[C@H](CCCC(=O)OC)O[Si](C)(C)C(C)(C)C)O[Si](C)(C)C(C)(C)C. The highest BCUT2D eigenvalue weighted by Crippen LogP contribution is 2.38. The second kappa shape index (κ2) is 17.8. The number of methoxy groups -OCH3 is 1. The van der Waals surface area contributed by atoms with Crippen molar-refractivity contribution in [3.05, 3.63) is 36.5 Å². The Hall–Kier alpha value is -1.84. The molecule has 0 spiro atoms. The number of carbonyl (C=O) groups excluding carboxylic acids is 1. The Morgan fingerprint density at radius 1 is 0.795 bits per heavy atom. The summed E-state index contributed by atoms with van der Waals surface area (Å²) in [6.45, 7) is 24.7. The fraction of sp³-hybridized carbons (Fsp3) is 0.667. The van der Waals surface area contributed by atoms with Crippen LogP contribution in [0.15, 0.2) is 36.5 Å². The van der Waals surface area contributed by atoms with Gasteiger partial charge in [-0.3, -0.25) is 4.79 Å². The zero-order chi connectivity index (χ0) is 30.2. The Bertz CT molecular complexity index is 939. The fourth-order valence-corrected chi connectivity index (χ4v) is 5.61. The molecular weight excluding hydrogens is 517 g/mol. The highest BCUT2D eigenvalue weighted by Gasteiger charge is 2.39. The normalized spacial score (nSPS) is 14.7. The molecule has 0 aromatic rings. The van der Waals surface area contributed by atoms with Crippen LogP contribution in [0.25, 0.3) is 0 Å². The Morgan fingerprint density at radius 3 is 1.64 bits per heavy atom. The van der Waals surface area contributed by atoms with Crippen LogP contribution < -0.4 is 0 Å². The van der Waals surface area contributed by atoms with Crippen LogP contribution in [0.1, 0.15) is 87.0 Å². The predicted octanol–water partition coefficient (Wildman–Crippen LogP) is 8.98. The van der Waals surface area contributed by atoms with Crippen LogP contribution in [-0.4, -0.2) is 41.9 Å². The summed E-state index contributed by atoms with van der Waals surface area (Å²) in [5.41, 5.74) is 0. The first-order chi connectivity index (χ1) is 18.0. The van der Waals surface area contributed by atoms with E-state index in [1.807, 2.05) is 18.2 Å². The number of rotatable bonds is 13. The maximum Gasteiger partial charge on any atom is 0.305 e. The Kier molecular flexibility index (Phi) is 16.9. The lowest BCUT2D eigenvalue weighted by Crippen LogP contribution is -2.43. The van der Waals surface area contributed by atoms with E-state index in [4.69, 9.17) is 13.6 Å². The van der Waals surface area contributed by atoms with E-state index in [1.54, 1.807) is 0 Å². The summed E-state index contributed by atoms with van der Waals surface area (Å²) in [7, 11) is -2.28. The number of esters is 1. The van der Waals surface area contributed by atoms with Crippen LogP contribution in [0.2, 0.25) is 36.3 Å². The average molecular weight is 573 g/mol. The van der Waals surface area contributed by atoms with Gasteiger partial charge in [0.1, 0.15) is 0 Å². The summed E-state index contributed by atoms with van der Waals surface area (Å²) in [5.74, 6) is 12.4. The van der Waals surface area contributed by atoms with Crippen molar-refractivity contribution in [2.45, 2.75) is 135 Å². The van der Waals surface area contributed by atoms with Crippen molar-refractivity contribution < 1.29 is 18.4 Å². The van der Waals surface area contributed by atoms with Crippen LogP contribution in [0.5, 0.6) is 0 Å². The number of ether oxygens (including phenoxy) is 1. The van der Waals surface area contributed by atoms with Gasteiger partial charge in [-0.1, -0.05) is 84.3 Å². The molecule has 0 fully saturated rings. The van der Waals surface area contributed by atoms with Crippen molar-refractivity contribution in [2.75, 3.05) is 7.11 Å². The summed E-state index contributed by atoms with van der Waals surface area (Å²) >= 11 is 0. The van der Waals surface area contributed by atoms with E-state index in [2.05, 4.69) is 117 Å². The van der Waals surface area contributed by atoms with Gasteiger partial charge in [0, 0.05) is 19.3 Å². The number of hydrogen-bond donors (Lipinski definition) is 0. The van der Waals surface area contributed by atoms with Crippen LogP contribution >= 0.6 is 0 Å². The molecule has 0 aliphatic heterocycles. The van der Waals surface area contributed by atoms with Crippen molar-refractivity contribution in [1.29, 1.82) is 0 Å². The molecule has 0 amide bonds. The van der Waals surface area contributed by atoms with Gasteiger partial charge in [0.2, 0.25) is 0 Å². The largest absolute Gasteiger partial charge is 0.469 e. The molecule has 0 aliphatic rings. The lowest BCUT2D eigenvalue weighted by molar-refractivity contribution is -0.140. The summed E-state index contributed by atoms with van der Waals surface area (Å²) in [6.07, 6.45) is 16.3. The maximum absolute atomic E-state index is 11.5. The highest BCUT2D eigenvalue weighted by molar-refractivity contribution is 6.74. The Labute approximate surface area is 243 Å². The first-order valence-electron chi connectivity index (χ1n) is 14.3. The number of allylic oxidation sites excluding steroid dienone is 4. The third kappa shape index (κ3) is 16.1. The molecule has 4 nitrogen and oxygen atoms in total. The number of carbonyl (C=O) groups is 1. The lowest BCUT2D eigenvalue weighted by Gasteiger charge is -2.38. The van der Waals surface area contributed by atoms with Gasteiger partial charge < -0.3 is 13.6 Å². The van der Waals surface area contributed by atoms with E-state index in [1.165, 1.54) is 7.11 Å². The van der Waals surface area contributed by atoms with Gasteiger partial charge in [-0.25, -0.2) is 0 Å². The lowest BCUT2D eigenvalue weighted by atomic mass is 10.1. The third-order valence-electron chi connectivity index (χ3n) is 7.60. The molecule has 39 heavy (non-hydrogen) atoms. The number of hydrogen-bond acceptors (Lipinski definition) is 4. The summed E-state index contributed by atoms with van der Waals surface area (Å²) < 4.78 is 17.8. The van der Waals surface area contributed by atoms with E-state index < -0.39 is 16.6 Å². The molecule has 0 aliphatic carbocycles. The fourth-order valence-electron chi connectivity index (χ4n) is 2.94. The van der Waals surface area contributed by atoms with Gasteiger partial charge in [-0.05, 0) is 79.8 Å². The molecule has 0 saturated heterocycles. The van der Waals surface area contributed by atoms with Gasteiger partial charge in [-0.2, -0.15) is 0 Å². The summed E-state index contributed by atoms with van der Waals surface area (Å²) in [4.78, 5) is 11.5. The summed E-state index contributed by atoms with van der Waals surface area (Å²) in [6, 6.07) is 0. The van der Waals surface area contributed by atoms with E-state index >= 15 is 0 Å². The van der Waals surface area contributed by atoms with Gasteiger partial charge >= 0.3 is 5.97 Å². The van der Waals surface area contributed by atoms with Gasteiger partial charge in [-0.15, -0.1) is 0 Å². The quantitative estimate of drug-likeness (QED) is 0.0956. The van der Waals surface area contributed by atoms with Crippen LogP contribution in [0.4, 0.5) is 0 Å². The molecule has 0 N–H and O–H groups in total. The standard InChI is InChI=1S/C33H56O4Si2/c1-13-29(36-38(9,10)32(2,3)4)25-22-20-18-16-14-15-17-19-21-23-26-30(27-24-28-31(34)35-8)37-39(11,12)33(5,6)7/h14-15,22-23,25-26,29-30H,13,16-17,24,27-28H2,1-12H3/b15-14-,25-22+,26-23+/t29-,30-/m1/s1. The van der Waals surface area contributed by atoms with Gasteiger partial charge in [0.05, 0.1) is 19.3 Å². The predicted molar refractivity (Wildman–Crippen MR) is 173 cm³/mol. The van der Waals surface area contributed by atoms with E-state index in [0.29, 0.717) is 19.3 Å². The molecule has 220 valence electrons. The molecular formula is C33H56O4Si2. The Morgan fingerprint density at radius 2 is 1.23 bits per heavy atom. The van der Waals surface area contributed by atoms with Crippen molar-refractivity contribution >= 4 is 22.6 Å². The van der Waals surface area contributed by atoms with E-state index in [-0.39, 0.29) is 28.3 Å². The molecule has 0 radical (unpaired) electrons. The minimum absolute atomic E-state index is 0.0525. The molecule has 0 saturated carbocycles. The monoisotopic (exact) mass is 572 g/mol. The highest BCUT2D eigenvalue weighted by atomic mass is 28.4. The van der Waals surface area contributed by atoms with Crippen molar-refractivity contribution in [3.8, 4) is 23.7 Å². The van der Waals surface area contributed by atoms with E-state index in [0.717, 1.165) is 19.3 Å². The van der Waals surface area contributed by atoms with Crippen molar-refractivity contribution in [3.63, 3.8) is 0 Å². The molecule has 0 aromatic heterocycles. The van der Waals surface area contributed by atoms with Crippen LogP contribution in [0, 0.1) is 23.7 Å². The maximum atomic E-state index is 11.5. The molecule has 6 heteroatoms. The van der Waals surface area contributed by atoms with Crippen molar-refractivity contribution in [2.24, 2.45) is 0 Å². The molecule has 0 bridgehead atoms. The minimum Gasteiger partial charge on any atom is -0.469 e.